The number of halogens is 1. The molecule has 2 aliphatic heterocycles. The minimum atomic E-state index is -0.0329. The number of nitrogens with zero attached hydrogens (tertiary/aromatic N) is 2. The van der Waals surface area contributed by atoms with Crippen LogP contribution in [-0.4, -0.2) is 40.9 Å². The molecule has 1 fully saturated rings. The number of likely N-dealkylation sites (tertiary alicyclic amines) is 1. The van der Waals surface area contributed by atoms with Crippen LogP contribution in [0.5, 0.6) is 11.5 Å². The smallest absolute Gasteiger partial charge is 0.254 e. The number of H-pyrrole nitrogens is 1. The van der Waals surface area contributed by atoms with Gasteiger partial charge < -0.3 is 14.4 Å². The summed E-state index contributed by atoms with van der Waals surface area (Å²) in [6.45, 7) is 1.56. The summed E-state index contributed by atoms with van der Waals surface area (Å²) < 4.78 is 10.6. The summed E-state index contributed by atoms with van der Waals surface area (Å²) in [6.07, 6.45) is 3.76. The van der Waals surface area contributed by atoms with Crippen LogP contribution in [0.25, 0.3) is 0 Å². The number of hydrogen-bond acceptors (Lipinski definition) is 4. The van der Waals surface area contributed by atoms with Crippen molar-refractivity contribution < 1.29 is 14.3 Å². The number of ether oxygens (including phenoxy) is 2. The summed E-state index contributed by atoms with van der Waals surface area (Å²) in [5.74, 6) is 1.30. The maximum absolute atomic E-state index is 12.8. The molecule has 0 saturated carbocycles. The highest BCUT2D eigenvalue weighted by Crippen LogP contribution is 2.40. The first-order valence-electron chi connectivity index (χ1n) is 7.60. The highest BCUT2D eigenvalue weighted by molar-refractivity contribution is 6.32. The number of carbonyl (C=O) groups is 1. The molecule has 0 aliphatic carbocycles. The summed E-state index contributed by atoms with van der Waals surface area (Å²) in [5, 5.41) is 7.41. The van der Waals surface area contributed by atoms with Crippen LogP contribution in [0.2, 0.25) is 5.02 Å². The predicted octanol–water partition coefficient (Wildman–Crippen LogP) is 2.81. The average molecular weight is 334 g/mol. The second-order valence-electron chi connectivity index (χ2n) is 5.79. The zero-order valence-electron chi connectivity index (χ0n) is 12.4. The van der Waals surface area contributed by atoms with Crippen molar-refractivity contribution in [1.29, 1.82) is 0 Å². The second-order valence-corrected chi connectivity index (χ2v) is 6.20. The Bertz CT molecular complexity index is 732. The van der Waals surface area contributed by atoms with Gasteiger partial charge in [0.2, 0.25) is 6.79 Å². The van der Waals surface area contributed by atoms with Gasteiger partial charge in [-0.25, -0.2) is 0 Å². The Labute approximate surface area is 138 Å². The van der Waals surface area contributed by atoms with E-state index in [9.17, 15) is 4.79 Å². The molecule has 0 unspecified atom stereocenters. The molecule has 0 bridgehead atoms. The lowest BCUT2D eigenvalue weighted by molar-refractivity contribution is 0.0705. The Hall–Kier alpha value is -2.21. The van der Waals surface area contributed by atoms with Crippen molar-refractivity contribution in [1.82, 2.24) is 15.1 Å². The highest BCUT2D eigenvalue weighted by Gasteiger charge is 2.28. The van der Waals surface area contributed by atoms with Gasteiger partial charge in [-0.05, 0) is 31.0 Å². The van der Waals surface area contributed by atoms with Gasteiger partial charge in [-0.2, -0.15) is 5.10 Å². The number of carbonyl (C=O) groups excluding carboxylic acids is 1. The molecule has 1 amide bonds. The van der Waals surface area contributed by atoms with Crippen molar-refractivity contribution in [2.45, 2.75) is 18.8 Å². The van der Waals surface area contributed by atoms with Gasteiger partial charge in [0.25, 0.3) is 5.91 Å². The summed E-state index contributed by atoms with van der Waals surface area (Å²) >= 11 is 6.18. The molecule has 1 atom stereocenters. The van der Waals surface area contributed by atoms with Crippen molar-refractivity contribution in [3.8, 4) is 11.5 Å². The number of hydrogen-bond donors (Lipinski definition) is 1. The maximum Gasteiger partial charge on any atom is 0.254 e. The third-order valence-corrected chi connectivity index (χ3v) is 4.63. The van der Waals surface area contributed by atoms with E-state index in [1.807, 2.05) is 11.0 Å². The van der Waals surface area contributed by atoms with E-state index in [1.54, 1.807) is 18.3 Å². The first kappa shape index (κ1) is 14.4. The summed E-state index contributed by atoms with van der Waals surface area (Å²) in [4.78, 5) is 14.7. The number of aromatic nitrogens is 2. The number of fused-ring (bicyclic) bond motifs is 1. The van der Waals surface area contributed by atoms with E-state index in [4.69, 9.17) is 21.1 Å². The molecule has 2 aromatic rings. The number of benzene rings is 1. The van der Waals surface area contributed by atoms with E-state index in [0.717, 1.165) is 25.1 Å². The van der Waals surface area contributed by atoms with Gasteiger partial charge >= 0.3 is 0 Å². The van der Waals surface area contributed by atoms with Crippen molar-refractivity contribution in [2.24, 2.45) is 0 Å². The molecule has 1 aromatic heterocycles. The van der Waals surface area contributed by atoms with Crippen LogP contribution >= 0.6 is 11.6 Å². The lowest BCUT2D eigenvalue weighted by Gasteiger charge is -2.32. The molecular formula is C16H16ClN3O3. The zero-order chi connectivity index (χ0) is 15.8. The van der Waals surface area contributed by atoms with E-state index in [-0.39, 0.29) is 12.7 Å². The van der Waals surface area contributed by atoms with Gasteiger partial charge in [0.05, 0.1) is 5.02 Å². The lowest BCUT2D eigenvalue weighted by Crippen LogP contribution is -2.39. The monoisotopic (exact) mass is 333 g/mol. The standard InChI is InChI=1S/C16H16ClN3O3/c17-12-6-11(7-14-15(12)23-9-22-14)16(21)20-5-1-2-10(8-20)13-3-4-18-19-13/h3-4,6-7,10H,1-2,5,8-9H2,(H,18,19)/t10-/m0/s1. The Morgan fingerprint density at radius 2 is 2.30 bits per heavy atom. The maximum atomic E-state index is 12.8. The molecule has 3 heterocycles. The van der Waals surface area contributed by atoms with Crippen LogP contribution in [0.15, 0.2) is 24.4 Å². The van der Waals surface area contributed by atoms with E-state index in [1.165, 1.54) is 0 Å². The molecule has 2 aliphatic rings. The Morgan fingerprint density at radius 3 is 3.13 bits per heavy atom. The van der Waals surface area contributed by atoms with Crippen LogP contribution in [-0.2, 0) is 0 Å². The molecule has 0 radical (unpaired) electrons. The van der Waals surface area contributed by atoms with Gasteiger partial charge in [0.15, 0.2) is 11.5 Å². The third kappa shape index (κ3) is 2.63. The predicted molar refractivity (Wildman–Crippen MR) is 84.0 cm³/mol. The largest absolute Gasteiger partial charge is 0.454 e. The molecule has 23 heavy (non-hydrogen) atoms. The summed E-state index contributed by atoms with van der Waals surface area (Å²) in [6, 6.07) is 5.32. The van der Waals surface area contributed by atoms with Crippen molar-refractivity contribution in [3.05, 3.63) is 40.7 Å². The lowest BCUT2D eigenvalue weighted by atomic mass is 9.94. The molecule has 1 saturated heterocycles. The molecule has 120 valence electrons. The van der Waals surface area contributed by atoms with Gasteiger partial charge in [-0.3, -0.25) is 9.89 Å². The number of nitrogens with one attached hydrogen (secondary N) is 1. The first-order valence-corrected chi connectivity index (χ1v) is 7.98. The van der Waals surface area contributed by atoms with Crippen molar-refractivity contribution in [3.63, 3.8) is 0 Å². The van der Waals surface area contributed by atoms with Gasteiger partial charge in [-0.15, -0.1) is 0 Å². The molecule has 7 heteroatoms. The number of rotatable bonds is 2. The second kappa shape index (κ2) is 5.77. The molecule has 6 nitrogen and oxygen atoms in total. The van der Waals surface area contributed by atoms with E-state index < -0.39 is 0 Å². The molecule has 1 N–H and O–H groups in total. The minimum Gasteiger partial charge on any atom is -0.454 e. The quantitative estimate of drug-likeness (QED) is 0.917. The fourth-order valence-electron chi connectivity index (χ4n) is 3.18. The molecule has 1 aromatic carbocycles. The fourth-order valence-corrected chi connectivity index (χ4v) is 3.45. The molecule has 0 spiro atoms. The zero-order valence-corrected chi connectivity index (χ0v) is 13.2. The third-order valence-electron chi connectivity index (χ3n) is 4.34. The summed E-state index contributed by atoms with van der Waals surface area (Å²) in [7, 11) is 0. The van der Waals surface area contributed by atoms with Crippen LogP contribution in [0.1, 0.15) is 34.8 Å². The number of piperidine rings is 1. The number of amides is 1. The van der Waals surface area contributed by atoms with Crippen molar-refractivity contribution >= 4 is 17.5 Å². The van der Waals surface area contributed by atoms with Gasteiger partial charge in [0, 0.05) is 36.5 Å². The van der Waals surface area contributed by atoms with E-state index in [0.29, 0.717) is 34.5 Å². The highest BCUT2D eigenvalue weighted by atomic mass is 35.5. The fraction of sp³-hybridized carbons (Fsp3) is 0.375. The van der Waals surface area contributed by atoms with E-state index >= 15 is 0 Å². The SMILES string of the molecule is O=C(c1cc(Cl)c2c(c1)OCO2)N1CCC[C@H](c2ccn[nH]2)C1. The Balaban J connectivity index is 1.56. The molecular weight excluding hydrogens is 318 g/mol. The molecule has 4 rings (SSSR count). The van der Waals surface area contributed by atoms with Crippen LogP contribution in [0.4, 0.5) is 0 Å². The number of aromatic amines is 1. The van der Waals surface area contributed by atoms with E-state index in [2.05, 4.69) is 10.2 Å². The van der Waals surface area contributed by atoms with Crippen LogP contribution < -0.4 is 9.47 Å². The Morgan fingerprint density at radius 1 is 1.39 bits per heavy atom. The van der Waals surface area contributed by atoms with Gasteiger partial charge in [0.1, 0.15) is 0 Å². The summed E-state index contributed by atoms with van der Waals surface area (Å²) in [5.41, 5.74) is 1.61. The topological polar surface area (TPSA) is 67.5 Å². The average Bonchev–Trinajstić information content (AvgIpc) is 3.25. The first-order chi connectivity index (χ1) is 11.2. The van der Waals surface area contributed by atoms with Crippen LogP contribution in [0, 0.1) is 0 Å². The van der Waals surface area contributed by atoms with Crippen LogP contribution in [0.3, 0.4) is 0 Å². The van der Waals surface area contributed by atoms with Gasteiger partial charge in [-0.1, -0.05) is 11.6 Å². The normalized spacial score (nSPS) is 19.9. The van der Waals surface area contributed by atoms with Crippen molar-refractivity contribution in [2.75, 3.05) is 19.9 Å². The minimum absolute atomic E-state index is 0.0329. The Kier molecular flexibility index (Phi) is 3.61.